The van der Waals surface area contributed by atoms with Crippen molar-refractivity contribution in [3.8, 4) is 0 Å². The Morgan fingerprint density at radius 2 is 1.67 bits per heavy atom. The standard InChI is InChI=1S/C10H12O2.C3H8/c1-8-3-5-10(6-4-8)7-12-9(2)11;1-3-2/h3-6H,7H2,1-2H3;3H2,1-2H3. The number of esters is 1. The summed E-state index contributed by atoms with van der Waals surface area (Å²) in [7, 11) is 0. The van der Waals surface area contributed by atoms with Crippen LogP contribution in [0, 0.1) is 6.92 Å². The summed E-state index contributed by atoms with van der Waals surface area (Å²) < 4.78 is 4.83. The molecule has 0 aromatic heterocycles. The number of ether oxygens (including phenoxy) is 1. The molecule has 2 nitrogen and oxygen atoms in total. The van der Waals surface area contributed by atoms with E-state index < -0.39 is 0 Å². The first-order valence-corrected chi connectivity index (χ1v) is 5.29. The second kappa shape index (κ2) is 8.04. The van der Waals surface area contributed by atoms with Crippen LogP contribution in [0.1, 0.15) is 38.3 Å². The van der Waals surface area contributed by atoms with E-state index in [2.05, 4.69) is 13.8 Å². The molecule has 0 aliphatic carbocycles. The van der Waals surface area contributed by atoms with E-state index in [1.54, 1.807) is 0 Å². The minimum atomic E-state index is -0.240. The van der Waals surface area contributed by atoms with Gasteiger partial charge in [0.15, 0.2) is 0 Å². The third kappa shape index (κ3) is 7.74. The topological polar surface area (TPSA) is 26.3 Å². The maximum absolute atomic E-state index is 10.5. The van der Waals surface area contributed by atoms with Crippen LogP contribution in [0.3, 0.4) is 0 Å². The monoisotopic (exact) mass is 208 g/mol. The Balaban J connectivity index is 0.000000583. The number of rotatable bonds is 2. The molecule has 0 saturated heterocycles. The SMILES string of the molecule is CC(=O)OCc1ccc(C)cc1.CCC. The molecular formula is C13H20O2. The molecule has 1 aromatic rings. The van der Waals surface area contributed by atoms with Crippen LogP contribution >= 0.6 is 0 Å². The molecule has 0 aliphatic rings. The molecule has 84 valence electrons. The van der Waals surface area contributed by atoms with Crippen LogP contribution in [0.5, 0.6) is 0 Å². The zero-order chi connectivity index (χ0) is 11.7. The smallest absolute Gasteiger partial charge is 0.302 e. The van der Waals surface area contributed by atoms with Crippen LogP contribution in [-0.2, 0) is 16.1 Å². The van der Waals surface area contributed by atoms with Crippen LogP contribution in [0.25, 0.3) is 0 Å². The fourth-order valence-corrected chi connectivity index (χ4v) is 0.869. The lowest BCUT2D eigenvalue weighted by Crippen LogP contribution is -1.98. The molecule has 1 aromatic carbocycles. The molecule has 0 aliphatic heterocycles. The van der Waals surface area contributed by atoms with E-state index in [0.717, 1.165) is 5.56 Å². The van der Waals surface area contributed by atoms with Gasteiger partial charge in [-0.1, -0.05) is 50.1 Å². The molecule has 0 saturated carbocycles. The molecule has 0 atom stereocenters. The van der Waals surface area contributed by atoms with Crippen molar-refractivity contribution in [2.45, 2.75) is 40.7 Å². The molecule has 2 heteroatoms. The Kier molecular flexibility index (Phi) is 7.33. The summed E-state index contributed by atoms with van der Waals surface area (Å²) in [5.74, 6) is -0.240. The second-order valence-corrected chi connectivity index (χ2v) is 3.47. The van der Waals surface area contributed by atoms with Crippen molar-refractivity contribution in [1.29, 1.82) is 0 Å². The van der Waals surface area contributed by atoms with Gasteiger partial charge in [-0.2, -0.15) is 0 Å². The third-order valence-electron chi connectivity index (χ3n) is 1.56. The van der Waals surface area contributed by atoms with E-state index in [9.17, 15) is 4.79 Å². The number of carbonyl (C=O) groups excluding carboxylic acids is 1. The van der Waals surface area contributed by atoms with Gasteiger partial charge in [-0.3, -0.25) is 4.79 Å². The van der Waals surface area contributed by atoms with E-state index in [1.807, 2.05) is 31.2 Å². The Morgan fingerprint density at radius 3 is 2.07 bits per heavy atom. The molecule has 0 heterocycles. The number of carbonyl (C=O) groups is 1. The van der Waals surface area contributed by atoms with Crippen molar-refractivity contribution >= 4 is 5.97 Å². The first-order valence-electron chi connectivity index (χ1n) is 5.29. The summed E-state index contributed by atoms with van der Waals surface area (Å²) in [4.78, 5) is 10.5. The normalized spacial score (nSPS) is 8.80. The predicted octanol–water partition coefficient (Wildman–Crippen LogP) is 3.47. The largest absolute Gasteiger partial charge is 0.461 e. The highest BCUT2D eigenvalue weighted by Crippen LogP contribution is 2.04. The van der Waals surface area contributed by atoms with Gasteiger partial charge in [0.25, 0.3) is 0 Å². The average molecular weight is 208 g/mol. The van der Waals surface area contributed by atoms with Crippen LogP contribution < -0.4 is 0 Å². The fraction of sp³-hybridized carbons (Fsp3) is 0.462. The summed E-state index contributed by atoms with van der Waals surface area (Å²) in [6.07, 6.45) is 1.25. The molecular weight excluding hydrogens is 188 g/mol. The van der Waals surface area contributed by atoms with E-state index in [4.69, 9.17) is 4.74 Å². The second-order valence-electron chi connectivity index (χ2n) is 3.47. The van der Waals surface area contributed by atoms with Gasteiger partial charge in [-0.05, 0) is 12.5 Å². The van der Waals surface area contributed by atoms with Gasteiger partial charge < -0.3 is 4.74 Å². The molecule has 0 radical (unpaired) electrons. The van der Waals surface area contributed by atoms with Crippen molar-refractivity contribution in [2.24, 2.45) is 0 Å². The van der Waals surface area contributed by atoms with Gasteiger partial charge in [-0.15, -0.1) is 0 Å². The lowest BCUT2D eigenvalue weighted by molar-refractivity contribution is -0.142. The van der Waals surface area contributed by atoms with Gasteiger partial charge in [0, 0.05) is 6.92 Å². The predicted molar refractivity (Wildman–Crippen MR) is 62.6 cm³/mol. The lowest BCUT2D eigenvalue weighted by Gasteiger charge is -2.01. The molecule has 0 N–H and O–H groups in total. The minimum Gasteiger partial charge on any atom is -0.461 e. The summed E-state index contributed by atoms with van der Waals surface area (Å²) in [6, 6.07) is 7.91. The molecule has 0 fully saturated rings. The van der Waals surface area contributed by atoms with E-state index in [0.29, 0.717) is 6.61 Å². The third-order valence-corrected chi connectivity index (χ3v) is 1.56. The van der Waals surface area contributed by atoms with Crippen LogP contribution in [0.2, 0.25) is 0 Å². The van der Waals surface area contributed by atoms with Gasteiger partial charge in [0.1, 0.15) is 6.61 Å². The summed E-state index contributed by atoms with van der Waals surface area (Å²) in [6.45, 7) is 8.05. The zero-order valence-corrected chi connectivity index (χ0v) is 10.0. The van der Waals surface area contributed by atoms with Crippen molar-refractivity contribution < 1.29 is 9.53 Å². The Labute approximate surface area is 92.3 Å². The number of aryl methyl sites for hydroxylation is 1. The highest BCUT2D eigenvalue weighted by Gasteiger charge is 1.94. The number of hydrogen-bond donors (Lipinski definition) is 0. The number of hydrogen-bond acceptors (Lipinski definition) is 2. The zero-order valence-electron chi connectivity index (χ0n) is 10.0. The Bertz CT molecular complexity index is 275. The van der Waals surface area contributed by atoms with Crippen LogP contribution in [0.15, 0.2) is 24.3 Å². The first kappa shape index (κ1) is 13.7. The highest BCUT2D eigenvalue weighted by molar-refractivity contribution is 5.65. The van der Waals surface area contributed by atoms with Crippen molar-refractivity contribution in [1.82, 2.24) is 0 Å². The maximum Gasteiger partial charge on any atom is 0.302 e. The van der Waals surface area contributed by atoms with E-state index in [1.165, 1.54) is 18.9 Å². The summed E-state index contributed by atoms with van der Waals surface area (Å²) >= 11 is 0. The minimum absolute atomic E-state index is 0.240. The Hall–Kier alpha value is -1.31. The fourth-order valence-electron chi connectivity index (χ4n) is 0.869. The average Bonchev–Trinajstić information content (AvgIpc) is 2.18. The summed E-state index contributed by atoms with van der Waals surface area (Å²) in [5, 5.41) is 0. The highest BCUT2D eigenvalue weighted by atomic mass is 16.5. The molecule has 0 amide bonds. The molecule has 0 unspecified atom stereocenters. The van der Waals surface area contributed by atoms with E-state index in [-0.39, 0.29) is 5.97 Å². The van der Waals surface area contributed by atoms with Gasteiger partial charge in [-0.25, -0.2) is 0 Å². The van der Waals surface area contributed by atoms with Gasteiger partial charge >= 0.3 is 5.97 Å². The van der Waals surface area contributed by atoms with Gasteiger partial charge in [0.2, 0.25) is 0 Å². The van der Waals surface area contributed by atoms with Crippen LogP contribution in [-0.4, -0.2) is 5.97 Å². The van der Waals surface area contributed by atoms with Crippen molar-refractivity contribution in [3.05, 3.63) is 35.4 Å². The van der Waals surface area contributed by atoms with Gasteiger partial charge in [0.05, 0.1) is 0 Å². The Morgan fingerprint density at radius 1 is 1.20 bits per heavy atom. The molecule has 0 bridgehead atoms. The molecule has 15 heavy (non-hydrogen) atoms. The van der Waals surface area contributed by atoms with Crippen molar-refractivity contribution in [3.63, 3.8) is 0 Å². The molecule has 0 spiro atoms. The number of benzene rings is 1. The maximum atomic E-state index is 10.5. The van der Waals surface area contributed by atoms with Crippen molar-refractivity contribution in [2.75, 3.05) is 0 Å². The quantitative estimate of drug-likeness (QED) is 0.695. The summed E-state index contributed by atoms with van der Waals surface area (Å²) in [5.41, 5.74) is 2.23. The first-order chi connectivity index (χ1) is 7.10. The van der Waals surface area contributed by atoms with E-state index >= 15 is 0 Å². The molecule has 1 rings (SSSR count). The lowest BCUT2D eigenvalue weighted by atomic mass is 10.2. The van der Waals surface area contributed by atoms with Crippen LogP contribution in [0.4, 0.5) is 0 Å².